The van der Waals surface area contributed by atoms with Gasteiger partial charge in [0.05, 0.1) is 19.1 Å². The van der Waals surface area contributed by atoms with Crippen LogP contribution >= 0.6 is 0 Å². The van der Waals surface area contributed by atoms with Gasteiger partial charge in [-0.1, -0.05) is 12.1 Å². The minimum Gasteiger partial charge on any atom is -0.494 e. The van der Waals surface area contributed by atoms with Crippen LogP contribution in [0, 0.1) is 0 Å². The van der Waals surface area contributed by atoms with Crippen LogP contribution < -0.4 is 10.5 Å². The molecule has 0 bridgehead atoms. The number of ether oxygens (including phenoxy) is 1. The summed E-state index contributed by atoms with van der Waals surface area (Å²) in [5.74, 6) is 1.16. The van der Waals surface area contributed by atoms with Gasteiger partial charge in [-0.15, -0.1) is 0 Å². The normalized spacial score (nSPS) is 10.7. The van der Waals surface area contributed by atoms with E-state index in [2.05, 4.69) is 9.97 Å². The number of para-hydroxylation sites is 1. The smallest absolute Gasteiger partial charge is 0.145 e. The van der Waals surface area contributed by atoms with Crippen LogP contribution in [0.2, 0.25) is 0 Å². The third-order valence-corrected chi connectivity index (χ3v) is 2.80. The van der Waals surface area contributed by atoms with Crippen LogP contribution in [-0.4, -0.2) is 21.6 Å². The summed E-state index contributed by atoms with van der Waals surface area (Å²) in [5.41, 5.74) is 7.55. The molecule has 0 aliphatic rings. The molecule has 0 radical (unpaired) electrons. The van der Waals surface area contributed by atoms with E-state index in [9.17, 15) is 0 Å². The van der Waals surface area contributed by atoms with E-state index in [4.69, 9.17) is 10.5 Å². The van der Waals surface area contributed by atoms with Gasteiger partial charge in [-0.25, -0.2) is 9.97 Å². The number of hydrogen-bond donors (Lipinski definition) is 1. The lowest BCUT2D eigenvalue weighted by Crippen LogP contribution is -1.99. The minimum atomic E-state index is 0.454. The number of nitrogens with two attached hydrogens (primary N) is 1. The Hall–Kier alpha value is -2.56. The van der Waals surface area contributed by atoms with Crippen LogP contribution in [0.3, 0.4) is 0 Å². The summed E-state index contributed by atoms with van der Waals surface area (Å²) in [4.78, 5) is 8.38. The second kappa shape index (κ2) is 4.03. The minimum absolute atomic E-state index is 0.454. The summed E-state index contributed by atoms with van der Waals surface area (Å²) in [6.07, 6.45) is 5.32. The van der Waals surface area contributed by atoms with E-state index >= 15 is 0 Å². The summed E-state index contributed by atoms with van der Waals surface area (Å²) in [6, 6.07) is 7.61. The highest BCUT2D eigenvalue weighted by Gasteiger charge is 2.09. The monoisotopic (exact) mass is 240 g/mol. The summed E-state index contributed by atoms with van der Waals surface area (Å²) in [5, 5.41) is 0.974. The molecule has 3 rings (SSSR count). The number of imidazole rings is 1. The molecule has 5 nitrogen and oxygen atoms in total. The van der Waals surface area contributed by atoms with Gasteiger partial charge < -0.3 is 15.0 Å². The maximum atomic E-state index is 5.85. The zero-order chi connectivity index (χ0) is 12.5. The molecule has 0 saturated heterocycles. The molecule has 0 fully saturated rings. The average molecular weight is 240 g/mol. The van der Waals surface area contributed by atoms with Gasteiger partial charge in [-0.3, -0.25) is 0 Å². The van der Waals surface area contributed by atoms with Gasteiger partial charge >= 0.3 is 0 Å². The average Bonchev–Trinajstić information content (AvgIpc) is 2.90. The second-order valence-electron chi connectivity index (χ2n) is 3.89. The highest BCUT2D eigenvalue weighted by atomic mass is 16.5. The first-order chi connectivity index (χ1) is 8.79. The molecule has 2 heterocycles. The first-order valence-corrected chi connectivity index (χ1v) is 5.51. The number of rotatable bonds is 2. The number of nitrogen functional groups attached to an aromatic ring is 1. The first kappa shape index (κ1) is 10.6. The molecular formula is C13H12N4O. The van der Waals surface area contributed by atoms with E-state index < -0.39 is 0 Å². The molecule has 0 amide bonds. The number of anilines is 1. The number of fused-ring (bicyclic) bond motifs is 1. The molecule has 5 heteroatoms. The Kier molecular flexibility index (Phi) is 2.37. The summed E-state index contributed by atoms with van der Waals surface area (Å²) >= 11 is 0. The van der Waals surface area contributed by atoms with Crippen molar-refractivity contribution < 1.29 is 4.74 Å². The van der Waals surface area contributed by atoms with Crippen LogP contribution in [0.25, 0.3) is 16.6 Å². The number of aromatic nitrogens is 3. The molecule has 0 spiro atoms. The second-order valence-corrected chi connectivity index (χ2v) is 3.89. The Bertz CT molecular complexity index is 692. The largest absolute Gasteiger partial charge is 0.494 e. The molecule has 0 atom stereocenters. The fraction of sp³-hybridized carbons (Fsp3) is 0.0769. The van der Waals surface area contributed by atoms with Crippen molar-refractivity contribution in [3.8, 4) is 11.4 Å². The Balaban J connectivity index is 2.39. The van der Waals surface area contributed by atoms with E-state index in [1.54, 1.807) is 19.6 Å². The lowest BCUT2D eigenvalue weighted by molar-refractivity contribution is 0.419. The van der Waals surface area contributed by atoms with E-state index in [1.165, 1.54) is 0 Å². The Morgan fingerprint density at radius 2 is 2.22 bits per heavy atom. The first-order valence-electron chi connectivity index (χ1n) is 5.51. The fourth-order valence-electron chi connectivity index (χ4n) is 2.00. The molecule has 3 aromatic rings. The van der Waals surface area contributed by atoms with Crippen molar-refractivity contribution in [2.75, 3.05) is 12.8 Å². The molecule has 0 aliphatic heterocycles. The third kappa shape index (κ3) is 1.57. The lowest BCUT2D eigenvalue weighted by Gasteiger charge is -2.10. The van der Waals surface area contributed by atoms with Crippen molar-refractivity contribution in [1.29, 1.82) is 0 Å². The zero-order valence-electron chi connectivity index (χ0n) is 9.87. The van der Waals surface area contributed by atoms with Gasteiger partial charge in [0.2, 0.25) is 0 Å². The zero-order valence-corrected chi connectivity index (χ0v) is 9.87. The van der Waals surface area contributed by atoms with Gasteiger partial charge in [-0.2, -0.15) is 0 Å². The van der Waals surface area contributed by atoms with E-state index in [1.807, 2.05) is 35.0 Å². The summed E-state index contributed by atoms with van der Waals surface area (Å²) in [7, 11) is 1.62. The Labute approximate surface area is 104 Å². The third-order valence-electron chi connectivity index (χ3n) is 2.80. The van der Waals surface area contributed by atoms with Crippen molar-refractivity contribution in [2.45, 2.75) is 0 Å². The number of benzene rings is 1. The van der Waals surface area contributed by atoms with Crippen molar-refractivity contribution in [2.24, 2.45) is 0 Å². The number of hydrogen-bond acceptors (Lipinski definition) is 4. The molecule has 2 N–H and O–H groups in total. The predicted octanol–water partition coefficient (Wildman–Crippen LogP) is 2.01. The summed E-state index contributed by atoms with van der Waals surface area (Å²) < 4.78 is 7.21. The van der Waals surface area contributed by atoms with Crippen molar-refractivity contribution in [1.82, 2.24) is 14.5 Å². The van der Waals surface area contributed by atoms with Gasteiger partial charge in [0.15, 0.2) is 0 Å². The molecule has 0 saturated carbocycles. The highest BCUT2D eigenvalue weighted by molar-refractivity contribution is 5.92. The van der Waals surface area contributed by atoms with Crippen LogP contribution in [0.15, 0.2) is 43.0 Å². The van der Waals surface area contributed by atoms with E-state index in [-0.39, 0.29) is 0 Å². The van der Waals surface area contributed by atoms with Crippen molar-refractivity contribution in [3.05, 3.63) is 43.0 Å². The molecule has 1 aromatic carbocycles. The van der Waals surface area contributed by atoms with Gasteiger partial charge in [0, 0.05) is 23.8 Å². The van der Waals surface area contributed by atoms with Crippen LogP contribution in [0.5, 0.6) is 5.75 Å². The number of pyridine rings is 1. The van der Waals surface area contributed by atoms with Crippen LogP contribution in [0.4, 0.5) is 5.82 Å². The molecule has 90 valence electrons. The predicted molar refractivity (Wildman–Crippen MR) is 69.8 cm³/mol. The van der Waals surface area contributed by atoms with Gasteiger partial charge in [0.1, 0.15) is 17.1 Å². The molecular weight excluding hydrogens is 228 g/mol. The number of methoxy groups -OCH3 is 1. The Morgan fingerprint density at radius 3 is 2.94 bits per heavy atom. The van der Waals surface area contributed by atoms with E-state index in [0.29, 0.717) is 11.6 Å². The maximum Gasteiger partial charge on any atom is 0.145 e. The SMILES string of the molecule is COc1cccc2c(-n3ccnc3)cc(N)nc12. The molecule has 18 heavy (non-hydrogen) atoms. The number of nitrogens with zero attached hydrogens (tertiary/aromatic N) is 3. The molecule has 2 aromatic heterocycles. The fourth-order valence-corrected chi connectivity index (χ4v) is 2.00. The van der Waals surface area contributed by atoms with Gasteiger partial charge in [0.25, 0.3) is 0 Å². The van der Waals surface area contributed by atoms with Crippen LogP contribution in [-0.2, 0) is 0 Å². The molecule has 0 aliphatic carbocycles. The lowest BCUT2D eigenvalue weighted by atomic mass is 10.1. The van der Waals surface area contributed by atoms with Crippen molar-refractivity contribution >= 4 is 16.7 Å². The van der Waals surface area contributed by atoms with E-state index in [0.717, 1.165) is 16.6 Å². The standard InChI is InChI=1S/C13H12N4O/c1-18-11-4-2-3-9-10(17-6-5-15-8-17)7-12(14)16-13(9)11/h2-8H,1H3,(H2,14,16). The molecule has 0 unspecified atom stereocenters. The topological polar surface area (TPSA) is 66.0 Å². The Morgan fingerprint density at radius 1 is 1.33 bits per heavy atom. The highest BCUT2D eigenvalue weighted by Crippen LogP contribution is 2.29. The van der Waals surface area contributed by atoms with Gasteiger partial charge in [-0.05, 0) is 6.07 Å². The van der Waals surface area contributed by atoms with Crippen LogP contribution in [0.1, 0.15) is 0 Å². The quantitative estimate of drug-likeness (QED) is 0.744. The maximum absolute atomic E-state index is 5.85. The summed E-state index contributed by atoms with van der Waals surface area (Å²) in [6.45, 7) is 0. The van der Waals surface area contributed by atoms with Crippen molar-refractivity contribution in [3.63, 3.8) is 0 Å².